The summed E-state index contributed by atoms with van der Waals surface area (Å²) < 4.78 is 10.8. The maximum atomic E-state index is 12.9. The molecule has 27 heavy (non-hydrogen) atoms. The molecular formula is C21H25ClN2O3. The van der Waals surface area contributed by atoms with Gasteiger partial charge >= 0.3 is 0 Å². The number of carbonyl (C=O) groups excluding carboxylic acids is 1. The zero-order valence-electron chi connectivity index (χ0n) is 16.0. The summed E-state index contributed by atoms with van der Waals surface area (Å²) in [4.78, 5) is 17.2. The van der Waals surface area contributed by atoms with E-state index in [4.69, 9.17) is 21.1 Å². The van der Waals surface area contributed by atoms with E-state index < -0.39 is 0 Å². The second kappa shape index (κ2) is 8.63. The Kier molecular flexibility index (Phi) is 6.24. The molecule has 1 aliphatic heterocycles. The van der Waals surface area contributed by atoms with Gasteiger partial charge in [0.1, 0.15) is 11.5 Å². The van der Waals surface area contributed by atoms with Crippen molar-refractivity contribution in [3.05, 3.63) is 58.1 Å². The molecule has 144 valence electrons. The van der Waals surface area contributed by atoms with Crippen LogP contribution >= 0.6 is 11.6 Å². The smallest absolute Gasteiger partial charge is 0.254 e. The quantitative estimate of drug-likeness (QED) is 0.784. The molecule has 0 aromatic heterocycles. The minimum atomic E-state index is 0.0118. The van der Waals surface area contributed by atoms with Crippen molar-refractivity contribution in [3.8, 4) is 11.5 Å². The number of rotatable bonds is 5. The summed E-state index contributed by atoms with van der Waals surface area (Å²) in [5, 5.41) is 0.748. The predicted molar refractivity (Wildman–Crippen MR) is 107 cm³/mol. The van der Waals surface area contributed by atoms with E-state index in [0.29, 0.717) is 30.2 Å². The summed E-state index contributed by atoms with van der Waals surface area (Å²) in [6, 6.07) is 11.5. The molecule has 0 saturated carbocycles. The Balaban J connectivity index is 1.64. The maximum absolute atomic E-state index is 12.9. The lowest BCUT2D eigenvalue weighted by Crippen LogP contribution is -2.48. The van der Waals surface area contributed by atoms with E-state index in [9.17, 15) is 4.79 Å². The lowest BCUT2D eigenvalue weighted by molar-refractivity contribution is 0.0627. The molecule has 3 rings (SSSR count). The summed E-state index contributed by atoms with van der Waals surface area (Å²) in [6.07, 6.45) is 0. The van der Waals surface area contributed by atoms with E-state index in [1.807, 2.05) is 36.1 Å². The van der Waals surface area contributed by atoms with E-state index in [2.05, 4.69) is 4.90 Å². The van der Waals surface area contributed by atoms with Gasteiger partial charge in [-0.05, 0) is 36.8 Å². The highest BCUT2D eigenvalue weighted by Crippen LogP contribution is 2.30. The van der Waals surface area contributed by atoms with Gasteiger partial charge in [0.15, 0.2) is 0 Å². The second-order valence-electron chi connectivity index (χ2n) is 6.70. The Hall–Kier alpha value is -2.24. The van der Waals surface area contributed by atoms with Crippen molar-refractivity contribution in [1.29, 1.82) is 0 Å². The third kappa shape index (κ3) is 4.54. The van der Waals surface area contributed by atoms with Crippen LogP contribution in [0.4, 0.5) is 0 Å². The molecule has 1 aliphatic rings. The molecule has 5 nitrogen and oxygen atoms in total. The van der Waals surface area contributed by atoms with Crippen LogP contribution in [-0.2, 0) is 6.54 Å². The van der Waals surface area contributed by atoms with Crippen LogP contribution in [0.1, 0.15) is 21.5 Å². The van der Waals surface area contributed by atoms with Gasteiger partial charge in [0.25, 0.3) is 5.91 Å². The van der Waals surface area contributed by atoms with Crippen LogP contribution in [-0.4, -0.2) is 56.1 Å². The highest BCUT2D eigenvalue weighted by molar-refractivity contribution is 6.30. The zero-order valence-corrected chi connectivity index (χ0v) is 16.8. The number of amides is 1. The number of benzene rings is 2. The first-order valence-electron chi connectivity index (χ1n) is 9.00. The lowest BCUT2D eigenvalue weighted by Gasteiger charge is -2.35. The molecule has 1 saturated heterocycles. The molecule has 0 atom stereocenters. The van der Waals surface area contributed by atoms with Crippen LogP contribution in [0.25, 0.3) is 0 Å². The molecule has 6 heteroatoms. The van der Waals surface area contributed by atoms with E-state index in [1.165, 1.54) is 5.56 Å². The van der Waals surface area contributed by atoms with Crippen molar-refractivity contribution in [2.24, 2.45) is 0 Å². The third-order valence-electron chi connectivity index (χ3n) is 4.98. The summed E-state index contributed by atoms with van der Waals surface area (Å²) >= 11 is 5.94. The van der Waals surface area contributed by atoms with Crippen LogP contribution in [0.5, 0.6) is 11.5 Å². The van der Waals surface area contributed by atoms with Gasteiger partial charge in [0, 0.05) is 48.9 Å². The SMILES string of the molecule is COc1cc(C(=O)N2CCN(Cc3ccc(Cl)cc3)CC2)cc(OC)c1C. The fourth-order valence-corrected chi connectivity index (χ4v) is 3.48. The molecule has 2 aromatic rings. The van der Waals surface area contributed by atoms with Crippen LogP contribution in [0.15, 0.2) is 36.4 Å². The molecule has 1 heterocycles. The standard InChI is InChI=1S/C21H25ClN2O3/c1-15-19(26-2)12-17(13-20(15)27-3)21(25)24-10-8-23(9-11-24)14-16-4-6-18(22)7-5-16/h4-7,12-13H,8-11,14H2,1-3H3. The van der Waals surface area contributed by atoms with Gasteiger partial charge in [-0.1, -0.05) is 23.7 Å². The van der Waals surface area contributed by atoms with Crippen molar-refractivity contribution in [1.82, 2.24) is 9.80 Å². The first-order valence-corrected chi connectivity index (χ1v) is 9.38. The van der Waals surface area contributed by atoms with E-state index >= 15 is 0 Å². The van der Waals surface area contributed by atoms with Crippen molar-refractivity contribution in [3.63, 3.8) is 0 Å². The summed E-state index contributed by atoms with van der Waals surface area (Å²) in [5.41, 5.74) is 2.72. The fourth-order valence-electron chi connectivity index (χ4n) is 3.35. The van der Waals surface area contributed by atoms with Gasteiger partial charge in [0.2, 0.25) is 0 Å². The minimum Gasteiger partial charge on any atom is -0.496 e. The normalized spacial score (nSPS) is 14.9. The second-order valence-corrected chi connectivity index (χ2v) is 7.14. The summed E-state index contributed by atoms with van der Waals surface area (Å²) in [5.74, 6) is 1.34. The molecule has 0 bridgehead atoms. The van der Waals surface area contributed by atoms with Gasteiger partial charge in [-0.25, -0.2) is 0 Å². The fraction of sp³-hybridized carbons (Fsp3) is 0.381. The van der Waals surface area contributed by atoms with Crippen LogP contribution in [0, 0.1) is 6.92 Å². The first-order chi connectivity index (χ1) is 13.0. The highest BCUT2D eigenvalue weighted by atomic mass is 35.5. The van der Waals surface area contributed by atoms with E-state index in [-0.39, 0.29) is 5.91 Å². The summed E-state index contributed by atoms with van der Waals surface area (Å²) in [7, 11) is 3.21. The molecular weight excluding hydrogens is 364 g/mol. The first kappa shape index (κ1) is 19.5. The Morgan fingerprint density at radius 3 is 2.07 bits per heavy atom. The number of hydrogen-bond acceptors (Lipinski definition) is 4. The van der Waals surface area contributed by atoms with Crippen molar-refractivity contribution >= 4 is 17.5 Å². The number of piperazine rings is 1. The predicted octanol–water partition coefficient (Wildman–Crippen LogP) is 3.62. The monoisotopic (exact) mass is 388 g/mol. The number of ether oxygens (including phenoxy) is 2. The number of hydrogen-bond donors (Lipinski definition) is 0. The molecule has 2 aromatic carbocycles. The van der Waals surface area contributed by atoms with Gasteiger partial charge < -0.3 is 14.4 Å². The van der Waals surface area contributed by atoms with Crippen molar-refractivity contribution in [2.75, 3.05) is 40.4 Å². The average molecular weight is 389 g/mol. The topological polar surface area (TPSA) is 42.0 Å². The number of carbonyl (C=O) groups is 1. The Bertz CT molecular complexity index is 775. The Morgan fingerprint density at radius 1 is 1.00 bits per heavy atom. The van der Waals surface area contributed by atoms with Gasteiger partial charge in [-0.3, -0.25) is 9.69 Å². The van der Waals surface area contributed by atoms with Crippen LogP contribution in [0.3, 0.4) is 0 Å². The van der Waals surface area contributed by atoms with Gasteiger partial charge in [0.05, 0.1) is 14.2 Å². The number of nitrogens with zero attached hydrogens (tertiary/aromatic N) is 2. The Labute approximate surface area is 165 Å². The van der Waals surface area contributed by atoms with Gasteiger partial charge in [-0.2, -0.15) is 0 Å². The lowest BCUT2D eigenvalue weighted by atomic mass is 10.1. The highest BCUT2D eigenvalue weighted by Gasteiger charge is 2.23. The number of halogens is 1. The van der Waals surface area contributed by atoms with Crippen LogP contribution in [0.2, 0.25) is 5.02 Å². The zero-order chi connectivity index (χ0) is 19.4. The number of methoxy groups -OCH3 is 2. The summed E-state index contributed by atoms with van der Waals surface area (Å²) in [6.45, 7) is 5.87. The molecule has 0 unspecified atom stereocenters. The van der Waals surface area contributed by atoms with E-state index in [0.717, 1.165) is 30.2 Å². The molecule has 0 N–H and O–H groups in total. The molecule has 1 fully saturated rings. The molecule has 1 amide bonds. The third-order valence-corrected chi connectivity index (χ3v) is 5.23. The minimum absolute atomic E-state index is 0.0118. The van der Waals surface area contributed by atoms with Crippen molar-refractivity contribution in [2.45, 2.75) is 13.5 Å². The van der Waals surface area contributed by atoms with Crippen LogP contribution < -0.4 is 9.47 Å². The van der Waals surface area contributed by atoms with Crippen molar-refractivity contribution < 1.29 is 14.3 Å². The molecule has 0 spiro atoms. The Morgan fingerprint density at radius 2 is 1.56 bits per heavy atom. The average Bonchev–Trinajstić information content (AvgIpc) is 2.70. The maximum Gasteiger partial charge on any atom is 0.254 e. The molecule has 0 aliphatic carbocycles. The molecule has 0 radical (unpaired) electrons. The van der Waals surface area contributed by atoms with E-state index in [1.54, 1.807) is 26.4 Å². The van der Waals surface area contributed by atoms with Gasteiger partial charge in [-0.15, -0.1) is 0 Å². The largest absolute Gasteiger partial charge is 0.496 e.